The molecule has 2 saturated heterocycles. The summed E-state index contributed by atoms with van der Waals surface area (Å²) in [5, 5.41) is 3.34. The van der Waals surface area contributed by atoms with Crippen molar-refractivity contribution in [2.75, 3.05) is 43.3 Å². The molecule has 0 bridgehead atoms. The second kappa shape index (κ2) is 12.2. The third kappa shape index (κ3) is 7.05. The number of likely N-dealkylation sites (tertiary alicyclic amines) is 1. The summed E-state index contributed by atoms with van der Waals surface area (Å²) in [6.07, 6.45) is 6.32. The molecule has 4 rings (SSSR count). The Morgan fingerprint density at radius 1 is 1.00 bits per heavy atom. The fraction of sp³-hybridized carbons (Fsp3) is 0.500. The van der Waals surface area contributed by atoms with E-state index in [2.05, 4.69) is 35.6 Å². The van der Waals surface area contributed by atoms with Gasteiger partial charge in [0, 0.05) is 26.2 Å². The van der Waals surface area contributed by atoms with Crippen molar-refractivity contribution in [3.05, 3.63) is 65.7 Å². The number of sulfonamides is 1. The molecule has 2 aromatic carbocycles. The van der Waals surface area contributed by atoms with Crippen LogP contribution in [0.25, 0.3) is 0 Å². The van der Waals surface area contributed by atoms with E-state index in [1.165, 1.54) is 11.8 Å². The molecule has 0 saturated carbocycles. The zero-order valence-corrected chi connectivity index (χ0v) is 20.6. The minimum Gasteiger partial charge on any atom is -0.345 e. The van der Waals surface area contributed by atoms with Crippen molar-refractivity contribution in [3.63, 3.8) is 0 Å². The number of nitrogens with one attached hydrogen (secondary N) is 1. The summed E-state index contributed by atoms with van der Waals surface area (Å²) in [6, 6.07) is 18.5. The normalized spacial score (nSPS) is 19.0. The number of carbonyl (C=O) groups excluding carboxylic acids is 1. The molecule has 1 N–H and O–H groups in total. The Morgan fingerprint density at radius 2 is 1.67 bits per heavy atom. The van der Waals surface area contributed by atoms with Gasteiger partial charge in [0.15, 0.2) is 0 Å². The topological polar surface area (TPSA) is 69.7 Å². The van der Waals surface area contributed by atoms with Crippen LogP contribution in [-0.2, 0) is 14.8 Å². The molecule has 6 nitrogen and oxygen atoms in total. The molecule has 2 aliphatic rings. The van der Waals surface area contributed by atoms with Gasteiger partial charge in [0.05, 0.1) is 11.9 Å². The second-order valence-electron chi connectivity index (χ2n) is 8.91. The van der Waals surface area contributed by atoms with E-state index in [-0.39, 0.29) is 0 Å². The highest BCUT2D eigenvalue weighted by atomic mass is 32.2. The SMILES string of the molecule is CCCN(c1ccccc1C1CCNC1)S(C)(=O)=O.O=CN1CCC(c2ccccc2)CC1. The van der Waals surface area contributed by atoms with E-state index in [9.17, 15) is 13.2 Å². The summed E-state index contributed by atoms with van der Waals surface area (Å²) < 4.78 is 25.5. The third-order valence-corrected chi connectivity index (χ3v) is 7.66. The van der Waals surface area contributed by atoms with Gasteiger partial charge in [-0.05, 0) is 61.3 Å². The fourth-order valence-corrected chi connectivity index (χ4v) is 5.75. The smallest absolute Gasteiger partial charge is 0.232 e. The van der Waals surface area contributed by atoms with Gasteiger partial charge in [-0.3, -0.25) is 9.10 Å². The maximum absolute atomic E-state index is 12.0. The minimum absolute atomic E-state index is 0.414. The molecule has 180 valence electrons. The first-order chi connectivity index (χ1) is 15.9. The number of hydrogen-bond donors (Lipinski definition) is 1. The Hall–Kier alpha value is -2.38. The van der Waals surface area contributed by atoms with Crippen LogP contribution in [-0.4, -0.2) is 58.7 Å². The first kappa shape index (κ1) is 25.2. The van der Waals surface area contributed by atoms with Crippen LogP contribution in [0.1, 0.15) is 55.6 Å². The summed E-state index contributed by atoms with van der Waals surface area (Å²) >= 11 is 0. The Labute approximate surface area is 199 Å². The van der Waals surface area contributed by atoms with Crippen LogP contribution in [0.4, 0.5) is 5.69 Å². The first-order valence-corrected chi connectivity index (χ1v) is 13.8. The number of piperidine rings is 1. The average molecular weight is 472 g/mol. The lowest BCUT2D eigenvalue weighted by molar-refractivity contribution is -0.119. The molecule has 0 aromatic heterocycles. The van der Waals surface area contributed by atoms with Crippen LogP contribution in [0.5, 0.6) is 0 Å². The van der Waals surface area contributed by atoms with Gasteiger partial charge >= 0.3 is 0 Å². The van der Waals surface area contributed by atoms with Crippen LogP contribution in [0.2, 0.25) is 0 Å². The monoisotopic (exact) mass is 471 g/mol. The van der Waals surface area contributed by atoms with Crippen molar-refractivity contribution in [2.45, 2.75) is 44.4 Å². The number of amides is 1. The summed E-state index contributed by atoms with van der Waals surface area (Å²) in [4.78, 5) is 12.4. The predicted molar refractivity (Wildman–Crippen MR) is 135 cm³/mol. The standard InChI is InChI=1S/C14H22N2O2S.C12H15NO/c1-3-10-16(19(2,17)18)14-7-5-4-6-13(14)12-8-9-15-11-12;14-10-13-8-6-12(7-9-13)11-4-2-1-3-5-11/h4-7,12,15H,3,8-11H2,1-2H3;1-5,10,12H,6-9H2. The quantitative estimate of drug-likeness (QED) is 0.621. The maximum atomic E-state index is 12.0. The molecule has 0 aliphatic carbocycles. The van der Waals surface area contributed by atoms with E-state index in [0.29, 0.717) is 18.4 Å². The van der Waals surface area contributed by atoms with Crippen molar-refractivity contribution in [1.82, 2.24) is 10.2 Å². The van der Waals surface area contributed by atoms with Gasteiger partial charge in [-0.15, -0.1) is 0 Å². The molecule has 1 unspecified atom stereocenters. The summed E-state index contributed by atoms with van der Waals surface area (Å²) in [6.45, 7) is 6.28. The van der Waals surface area contributed by atoms with Crippen molar-refractivity contribution < 1.29 is 13.2 Å². The molecule has 2 aromatic rings. The van der Waals surface area contributed by atoms with E-state index >= 15 is 0 Å². The highest BCUT2D eigenvalue weighted by Crippen LogP contribution is 2.32. The van der Waals surface area contributed by atoms with Crippen molar-refractivity contribution in [3.8, 4) is 0 Å². The minimum atomic E-state index is -3.22. The van der Waals surface area contributed by atoms with E-state index in [1.807, 2.05) is 36.1 Å². The zero-order valence-electron chi connectivity index (χ0n) is 19.8. The number of para-hydroxylation sites is 1. The maximum Gasteiger partial charge on any atom is 0.232 e. The number of rotatable bonds is 7. The lowest BCUT2D eigenvalue weighted by atomic mass is 9.90. The van der Waals surface area contributed by atoms with Crippen LogP contribution in [0, 0.1) is 0 Å². The largest absolute Gasteiger partial charge is 0.345 e. The lowest BCUT2D eigenvalue weighted by Crippen LogP contribution is -2.31. The Balaban J connectivity index is 0.000000194. The predicted octanol–water partition coefficient (Wildman–Crippen LogP) is 3.96. The highest BCUT2D eigenvalue weighted by molar-refractivity contribution is 7.92. The molecule has 0 spiro atoms. The molecular formula is C26H37N3O3S. The summed E-state index contributed by atoms with van der Waals surface area (Å²) in [5.74, 6) is 1.06. The Kier molecular flexibility index (Phi) is 9.32. The molecule has 7 heteroatoms. The number of hydrogen-bond acceptors (Lipinski definition) is 4. The van der Waals surface area contributed by atoms with Crippen LogP contribution in [0.15, 0.2) is 54.6 Å². The van der Waals surface area contributed by atoms with Crippen LogP contribution >= 0.6 is 0 Å². The van der Waals surface area contributed by atoms with Gasteiger partial charge < -0.3 is 10.2 Å². The molecule has 2 aliphatic heterocycles. The van der Waals surface area contributed by atoms with E-state index in [0.717, 1.165) is 69.5 Å². The molecule has 1 atom stereocenters. The van der Waals surface area contributed by atoms with Crippen molar-refractivity contribution >= 4 is 22.1 Å². The molecule has 1 amide bonds. The third-order valence-electron chi connectivity index (χ3n) is 6.48. The molecule has 0 radical (unpaired) electrons. The highest BCUT2D eigenvalue weighted by Gasteiger charge is 2.25. The number of anilines is 1. The number of carbonyl (C=O) groups is 1. The Bertz CT molecular complexity index is 967. The van der Waals surface area contributed by atoms with Gasteiger partial charge in [0.2, 0.25) is 16.4 Å². The molecule has 33 heavy (non-hydrogen) atoms. The van der Waals surface area contributed by atoms with Gasteiger partial charge in [0.25, 0.3) is 0 Å². The fourth-order valence-electron chi connectivity index (χ4n) is 4.71. The van der Waals surface area contributed by atoms with Gasteiger partial charge in [-0.25, -0.2) is 8.42 Å². The van der Waals surface area contributed by atoms with Gasteiger partial charge in [-0.1, -0.05) is 55.5 Å². The van der Waals surface area contributed by atoms with Gasteiger partial charge in [0.1, 0.15) is 0 Å². The first-order valence-electron chi connectivity index (χ1n) is 12.0. The van der Waals surface area contributed by atoms with E-state index in [4.69, 9.17) is 0 Å². The Morgan fingerprint density at radius 3 is 2.24 bits per heavy atom. The second-order valence-corrected chi connectivity index (χ2v) is 10.8. The summed E-state index contributed by atoms with van der Waals surface area (Å²) in [5.41, 5.74) is 3.41. The van der Waals surface area contributed by atoms with Crippen molar-refractivity contribution in [2.24, 2.45) is 0 Å². The lowest BCUT2D eigenvalue weighted by Gasteiger charge is -2.29. The van der Waals surface area contributed by atoms with Crippen molar-refractivity contribution in [1.29, 1.82) is 0 Å². The average Bonchev–Trinajstić information content (AvgIpc) is 3.38. The number of benzene rings is 2. The molecule has 2 heterocycles. The van der Waals surface area contributed by atoms with Crippen LogP contribution in [0.3, 0.4) is 0 Å². The van der Waals surface area contributed by atoms with Gasteiger partial charge in [-0.2, -0.15) is 0 Å². The van der Waals surface area contributed by atoms with E-state index in [1.54, 1.807) is 4.31 Å². The molecular weight excluding hydrogens is 434 g/mol. The molecule has 2 fully saturated rings. The zero-order chi connectivity index (χ0) is 23.7. The number of nitrogens with zero attached hydrogens (tertiary/aromatic N) is 2. The van der Waals surface area contributed by atoms with Crippen LogP contribution < -0.4 is 9.62 Å². The van der Waals surface area contributed by atoms with E-state index < -0.39 is 10.0 Å². The summed E-state index contributed by atoms with van der Waals surface area (Å²) in [7, 11) is -3.22.